The minimum atomic E-state index is -0.198. The summed E-state index contributed by atoms with van der Waals surface area (Å²) in [5.41, 5.74) is 0. The highest BCUT2D eigenvalue weighted by Gasteiger charge is 2.42. The Hall–Kier alpha value is -0.610. The third kappa shape index (κ3) is 3.42. The van der Waals surface area contributed by atoms with Gasteiger partial charge in [0.15, 0.2) is 0 Å². The van der Waals surface area contributed by atoms with Gasteiger partial charge in [-0.3, -0.25) is 9.69 Å². The van der Waals surface area contributed by atoms with Crippen LogP contribution in [-0.4, -0.2) is 61.1 Å². The molecule has 0 aromatic carbocycles. The van der Waals surface area contributed by atoms with E-state index < -0.39 is 0 Å². The number of ether oxygens (including phenoxy) is 1. The van der Waals surface area contributed by atoms with Gasteiger partial charge in [-0.25, -0.2) is 0 Å². The van der Waals surface area contributed by atoms with Crippen molar-refractivity contribution in [2.24, 2.45) is 5.92 Å². The van der Waals surface area contributed by atoms with Crippen LogP contribution < -0.4 is 0 Å². The van der Waals surface area contributed by atoms with Crippen LogP contribution in [0.25, 0.3) is 0 Å². The van der Waals surface area contributed by atoms with Crippen molar-refractivity contribution in [3.05, 3.63) is 0 Å². The van der Waals surface area contributed by atoms with E-state index in [1.54, 1.807) is 4.90 Å². The number of nitrogens with zero attached hydrogens (tertiary/aromatic N) is 2. The van der Waals surface area contributed by atoms with Crippen LogP contribution in [-0.2, 0) is 9.53 Å². The normalized spacial score (nSPS) is 34.7. The molecule has 1 aliphatic carbocycles. The van der Waals surface area contributed by atoms with Crippen LogP contribution in [0.15, 0.2) is 0 Å². The van der Waals surface area contributed by atoms with Crippen LogP contribution in [0.5, 0.6) is 0 Å². The minimum absolute atomic E-state index is 0.138. The molecule has 120 valence electrons. The van der Waals surface area contributed by atoms with Crippen LogP contribution in [0.2, 0.25) is 0 Å². The predicted molar refractivity (Wildman–Crippen MR) is 83.1 cm³/mol. The van der Waals surface area contributed by atoms with E-state index in [0.717, 1.165) is 31.7 Å². The molecule has 3 aliphatic rings. The average molecular weight is 294 g/mol. The highest BCUT2D eigenvalue weighted by molar-refractivity contribution is 5.80. The Labute approximate surface area is 128 Å². The lowest BCUT2D eigenvalue weighted by molar-refractivity contribution is -0.152. The van der Waals surface area contributed by atoms with Crippen molar-refractivity contribution in [1.82, 2.24) is 9.80 Å². The van der Waals surface area contributed by atoms with Crippen molar-refractivity contribution in [3.8, 4) is 0 Å². The molecule has 2 saturated heterocycles. The van der Waals surface area contributed by atoms with Crippen LogP contribution in [0.3, 0.4) is 0 Å². The maximum atomic E-state index is 12.1. The van der Waals surface area contributed by atoms with Crippen molar-refractivity contribution in [3.63, 3.8) is 0 Å². The van der Waals surface area contributed by atoms with Gasteiger partial charge in [0.05, 0.1) is 6.10 Å². The van der Waals surface area contributed by atoms with E-state index in [-0.39, 0.29) is 18.1 Å². The number of hydrogen-bond donors (Lipinski definition) is 0. The summed E-state index contributed by atoms with van der Waals surface area (Å²) in [5, 5.41) is 0. The fraction of sp³-hybridized carbons (Fsp3) is 0.941. The van der Waals surface area contributed by atoms with Gasteiger partial charge in [-0.15, -0.1) is 0 Å². The molecule has 0 N–H and O–H groups in total. The van der Waals surface area contributed by atoms with Crippen molar-refractivity contribution >= 4 is 5.91 Å². The zero-order valence-corrected chi connectivity index (χ0v) is 13.6. The Balaban J connectivity index is 1.53. The maximum Gasteiger partial charge on any atom is 0.251 e. The second kappa shape index (κ2) is 6.66. The molecule has 4 nitrogen and oxygen atoms in total. The van der Waals surface area contributed by atoms with Gasteiger partial charge in [-0.05, 0) is 38.0 Å². The van der Waals surface area contributed by atoms with E-state index in [2.05, 4.69) is 4.90 Å². The topological polar surface area (TPSA) is 32.8 Å². The van der Waals surface area contributed by atoms with Gasteiger partial charge in [0.2, 0.25) is 0 Å². The quantitative estimate of drug-likeness (QED) is 0.800. The number of likely N-dealkylation sites (N-methyl/N-ethyl adjacent to an activating group) is 1. The number of likely N-dealkylation sites (tertiary alicyclic amines) is 1. The third-order valence-electron chi connectivity index (χ3n) is 5.60. The van der Waals surface area contributed by atoms with E-state index in [9.17, 15) is 4.79 Å². The molecule has 0 aromatic rings. The second-order valence-electron chi connectivity index (χ2n) is 7.33. The van der Waals surface area contributed by atoms with Gasteiger partial charge in [0.1, 0.15) is 6.10 Å². The first kappa shape index (κ1) is 15.3. The summed E-state index contributed by atoms with van der Waals surface area (Å²) in [5.74, 6) is 1.04. The van der Waals surface area contributed by atoms with Crippen molar-refractivity contribution in [1.29, 1.82) is 0 Å². The number of amides is 1. The van der Waals surface area contributed by atoms with Crippen LogP contribution in [0, 0.1) is 5.92 Å². The van der Waals surface area contributed by atoms with E-state index in [0.29, 0.717) is 6.04 Å². The fourth-order valence-corrected chi connectivity index (χ4v) is 4.41. The number of fused-ring (bicyclic) bond motifs is 1. The smallest absolute Gasteiger partial charge is 0.251 e. The van der Waals surface area contributed by atoms with Crippen molar-refractivity contribution in [2.45, 2.75) is 69.6 Å². The monoisotopic (exact) mass is 294 g/mol. The number of carbonyl (C=O) groups is 1. The van der Waals surface area contributed by atoms with Crippen LogP contribution >= 0.6 is 0 Å². The van der Waals surface area contributed by atoms with Crippen molar-refractivity contribution in [2.75, 3.05) is 27.2 Å². The largest absolute Gasteiger partial charge is 0.363 e. The van der Waals surface area contributed by atoms with Gasteiger partial charge in [0, 0.05) is 33.2 Å². The molecule has 0 bridgehead atoms. The Morgan fingerprint density at radius 1 is 1.10 bits per heavy atom. The van der Waals surface area contributed by atoms with E-state index in [4.69, 9.17) is 4.74 Å². The van der Waals surface area contributed by atoms with Gasteiger partial charge in [-0.2, -0.15) is 0 Å². The standard InChI is InChI=1S/C17H30N2O2/c1-18(2)17(20)16-9-8-14-15(21-16)10-11-19(14)12-13-6-4-3-5-7-13/h13-16H,3-12H2,1-2H3/t14-,15-,16-/m0/s1. The molecule has 3 atom stereocenters. The lowest BCUT2D eigenvalue weighted by atomic mass is 9.88. The lowest BCUT2D eigenvalue weighted by Gasteiger charge is -2.37. The third-order valence-corrected chi connectivity index (χ3v) is 5.60. The molecule has 0 radical (unpaired) electrons. The molecule has 0 aromatic heterocycles. The first-order valence-electron chi connectivity index (χ1n) is 8.76. The summed E-state index contributed by atoms with van der Waals surface area (Å²) in [6.07, 6.45) is 10.3. The summed E-state index contributed by atoms with van der Waals surface area (Å²) in [6, 6.07) is 0.568. The average Bonchev–Trinajstić information content (AvgIpc) is 2.90. The van der Waals surface area contributed by atoms with Gasteiger partial charge in [0.25, 0.3) is 5.91 Å². The summed E-state index contributed by atoms with van der Waals surface area (Å²) in [7, 11) is 3.64. The molecule has 21 heavy (non-hydrogen) atoms. The molecular formula is C17H30N2O2. The Kier molecular flexibility index (Phi) is 4.85. The number of hydrogen-bond acceptors (Lipinski definition) is 3. The SMILES string of the molecule is CN(C)C(=O)[C@@H]1CC[C@H]2[C@H](CCN2CC2CCCCC2)O1. The first-order chi connectivity index (χ1) is 10.1. The molecule has 2 aliphatic heterocycles. The Bertz CT molecular complexity index is 366. The zero-order valence-electron chi connectivity index (χ0n) is 13.6. The summed E-state index contributed by atoms with van der Waals surface area (Å²) < 4.78 is 6.12. The molecule has 4 heteroatoms. The zero-order chi connectivity index (χ0) is 14.8. The molecular weight excluding hydrogens is 264 g/mol. The lowest BCUT2D eigenvalue weighted by Crippen LogP contribution is -2.48. The molecule has 3 rings (SSSR count). The predicted octanol–water partition coefficient (Wildman–Crippen LogP) is 2.28. The van der Waals surface area contributed by atoms with Gasteiger partial charge < -0.3 is 9.64 Å². The summed E-state index contributed by atoms with van der Waals surface area (Å²) in [6.45, 7) is 2.42. The summed E-state index contributed by atoms with van der Waals surface area (Å²) in [4.78, 5) is 16.4. The maximum absolute atomic E-state index is 12.1. The van der Waals surface area contributed by atoms with Gasteiger partial charge >= 0.3 is 0 Å². The van der Waals surface area contributed by atoms with Crippen LogP contribution in [0.4, 0.5) is 0 Å². The fourth-order valence-electron chi connectivity index (χ4n) is 4.41. The van der Waals surface area contributed by atoms with Crippen LogP contribution in [0.1, 0.15) is 51.4 Å². The van der Waals surface area contributed by atoms with E-state index >= 15 is 0 Å². The second-order valence-corrected chi connectivity index (χ2v) is 7.33. The molecule has 1 amide bonds. The molecule has 0 spiro atoms. The number of carbonyl (C=O) groups excluding carboxylic acids is 1. The minimum Gasteiger partial charge on any atom is -0.363 e. The molecule has 0 unspecified atom stereocenters. The van der Waals surface area contributed by atoms with Gasteiger partial charge in [-0.1, -0.05) is 19.3 Å². The van der Waals surface area contributed by atoms with E-state index in [1.165, 1.54) is 38.6 Å². The van der Waals surface area contributed by atoms with E-state index in [1.807, 2.05) is 14.1 Å². The highest BCUT2D eigenvalue weighted by Crippen LogP contribution is 2.34. The molecule has 1 saturated carbocycles. The molecule has 3 fully saturated rings. The number of rotatable bonds is 3. The Morgan fingerprint density at radius 2 is 1.86 bits per heavy atom. The van der Waals surface area contributed by atoms with Crippen molar-refractivity contribution < 1.29 is 9.53 Å². The highest BCUT2D eigenvalue weighted by atomic mass is 16.5. The first-order valence-corrected chi connectivity index (χ1v) is 8.76. The molecule has 2 heterocycles. The Morgan fingerprint density at radius 3 is 2.57 bits per heavy atom. The summed E-state index contributed by atoms with van der Waals surface area (Å²) >= 11 is 0.